The highest BCUT2D eigenvalue weighted by molar-refractivity contribution is 5.59. The summed E-state index contributed by atoms with van der Waals surface area (Å²) in [5.74, 6) is 0.981. The van der Waals surface area contributed by atoms with Gasteiger partial charge in [0.05, 0.1) is 18.8 Å². The van der Waals surface area contributed by atoms with Gasteiger partial charge < -0.3 is 20.1 Å². The summed E-state index contributed by atoms with van der Waals surface area (Å²) in [4.78, 5) is 0. The number of ether oxygens (including phenoxy) is 2. The van der Waals surface area contributed by atoms with Gasteiger partial charge in [0.25, 0.3) is 0 Å². The number of benzene rings is 1. The number of fused-ring (bicyclic) bond motifs is 1. The van der Waals surface area contributed by atoms with Crippen LogP contribution in [0.4, 0.5) is 5.69 Å². The van der Waals surface area contributed by atoms with Crippen molar-refractivity contribution in [3.8, 4) is 5.75 Å². The molecule has 1 aromatic carbocycles. The van der Waals surface area contributed by atoms with E-state index in [1.165, 1.54) is 5.56 Å². The van der Waals surface area contributed by atoms with Crippen molar-refractivity contribution < 1.29 is 9.47 Å². The summed E-state index contributed by atoms with van der Waals surface area (Å²) in [5, 5.41) is 6.80. The predicted octanol–water partition coefficient (Wildman–Crippen LogP) is 2.05. The fourth-order valence-corrected chi connectivity index (χ4v) is 2.18. The van der Waals surface area contributed by atoms with E-state index in [1.54, 1.807) is 7.11 Å². The van der Waals surface area contributed by atoms with Gasteiger partial charge in [-0.05, 0) is 37.1 Å². The molecular formula is C15H24N2O2. The number of rotatable bonds is 7. The first-order valence-electron chi connectivity index (χ1n) is 7.06. The Hall–Kier alpha value is -1.26. The highest BCUT2D eigenvalue weighted by atomic mass is 16.5. The first kappa shape index (κ1) is 14.2. The van der Waals surface area contributed by atoms with Gasteiger partial charge in [-0.15, -0.1) is 0 Å². The molecule has 0 amide bonds. The Morgan fingerprint density at radius 3 is 3.11 bits per heavy atom. The second-order valence-electron chi connectivity index (χ2n) is 4.85. The Labute approximate surface area is 115 Å². The zero-order valence-corrected chi connectivity index (χ0v) is 11.9. The van der Waals surface area contributed by atoms with Gasteiger partial charge in [0.2, 0.25) is 0 Å². The van der Waals surface area contributed by atoms with Crippen LogP contribution < -0.4 is 15.4 Å². The van der Waals surface area contributed by atoms with Crippen molar-refractivity contribution in [1.82, 2.24) is 5.32 Å². The van der Waals surface area contributed by atoms with E-state index < -0.39 is 0 Å². The molecule has 2 rings (SSSR count). The molecule has 0 fully saturated rings. The summed E-state index contributed by atoms with van der Waals surface area (Å²) in [6.07, 6.45) is 2.36. The van der Waals surface area contributed by atoms with Crippen LogP contribution in [0, 0.1) is 0 Å². The number of hydrogen-bond donors (Lipinski definition) is 2. The van der Waals surface area contributed by atoms with Crippen LogP contribution in [0.5, 0.6) is 5.75 Å². The minimum absolute atomic E-state index is 0.300. The second kappa shape index (κ2) is 7.36. The maximum absolute atomic E-state index is 5.90. The normalized spacial score (nSPS) is 17.5. The van der Waals surface area contributed by atoms with Crippen LogP contribution in [0.15, 0.2) is 18.2 Å². The average Bonchev–Trinajstić information content (AvgIpc) is 2.46. The standard InChI is InChI=1S/C15H24N2O2/c1-3-13-11-17-14-10-12(4-5-15(14)19-13)6-7-16-8-9-18-2/h4-5,10,13,16-17H,3,6-9,11H2,1-2H3. The first-order chi connectivity index (χ1) is 9.33. The molecule has 1 atom stereocenters. The van der Waals surface area contributed by atoms with Crippen LogP contribution >= 0.6 is 0 Å². The fraction of sp³-hybridized carbons (Fsp3) is 0.600. The molecule has 106 valence electrons. The zero-order chi connectivity index (χ0) is 13.5. The van der Waals surface area contributed by atoms with Crippen LogP contribution in [-0.2, 0) is 11.2 Å². The first-order valence-corrected chi connectivity index (χ1v) is 7.06. The lowest BCUT2D eigenvalue weighted by molar-refractivity contribution is 0.199. The van der Waals surface area contributed by atoms with Crippen molar-refractivity contribution in [1.29, 1.82) is 0 Å². The minimum Gasteiger partial charge on any atom is -0.486 e. The smallest absolute Gasteiger partial charge is 0.142 e. The van der Waals surface area contributed by atoms with E-state index in [-0.39, 0.29) is 0 Å². The molecule has 19 heavy (non-hydrogen) atoms. The van der Waals surface area contributed by atoms with Crippen molar-refractivity contribution in [3.05, 3.63) is 23.8 Å². The zero-order valence-electron chi connectivity index (χ0n) is 11.9. The Morgan fingerprint density at radius 2 is 2.32 bits per heavy atom. The summed E-state index contributed by atoms with van der Waals surface area (Å²) in [6, 6.07) is 6.42. The third-order valence-electron chi connectivity index (χ3n) is 3.39. The summed E-state index contributed by atoms with van der Waals surface area (Å²) >= 11 is 0. The number of anilines is 1. The van der Waals surface area contributed by atoms with E-state index in [0.717, 1.165) is 50.5 Å². The molecule has 0 bridgehead atoms. The lowest BCUT2D eigenvalue weighted by Crippen LogP contribution is -2.30. The molecule has 4 nitrogen and oxygen atoms in total. The Balaban J connectivity index is 1.84. The van der Waals surface area contributed by atoms with Gasteiger partial charge >= 0.3 is 0 Å². The van der Waals surface area contributed by atoms with Crippen molar-refractivity contribution in [2.24, 2.45) is 0 Å². The minimum atomic E-state index is 0.300. The summed E-state index contributed by atoms with van der Waals surface area (Å²) in [5.41, 5.74) is 2.45. The lowest BCUT2D eigenvalue weighted by atomic mass is 10.1. The Bertz CT molecular complexity index is 396. The van der Waals surface area contributed by atoms with Crippen LogP contribution in [0.2, 0.25) is 0 Å². The monoisotopic (exact) mass is 264 g/mol. The molecule has 2 N–H and O–H groups in total. The summed E-state index contributed by atoms with van der Waals surface area (Å²) < 4.78 is 10.9. The molecule has 0 aromatic heterocycles. The number of methoxy groups -OCH3 is 1. The van der Waals surface area contributed by atoms with Crippen molar-refractivity contribution in [2.75, 3.05) is 38.7 Å². The molecule has 1 aliphatic heterocycles. The molecular weight excluding hydrogens is 240 g/mol. The molecule has 0 radical (unpaired) electrons. The van der Waals surface area contributed by atoms with Gasteiger partial charge in [-0.2, -0.15) is 0 Å². The van der Waals surface area contributed by atoms with Gasteiger partial charge in [-0.1, -0.05) is 13.0 Å². The van der Waals surface area contributed by atoms with Gasteiger partial charge in [-0.25, -0.2) is 0 Å². The number of hydrogen-bond acceptors (Lipinski definition) is 4. The van der Waals surface area contributed by atoms with Crippen LogP contribution in [-0.4, -0.2) is 39.5 Å². The van der Waals surface area contributed by atoms with Gasteiger partial charge in [0, 0.05) is 13.7 Å². The van der Waals surface area contributed by atoms with Crippen molar-refractivity contribution in [3.63, 3.8) is 0 Å². The molecule has 1 unspecified atom stereocenters. The van der Waals surface area contributed by atoms with Gasteiger partial charge in [-0.3, -0.25) is 0 Å². The maximum atomic E-state index is 5.90. The highest BCUT2D eigenvalue weighted by Gasteiger charge is 2.17. The van der Waals surface area contributed by atoms with E-state index in [1.807, 2.05) is 0 Å². The maximum Gasteiger partial charge on any atom is 0.142 e. The third-order valence-corrected chi connectivity index (χ3v) is 3.39. The van der Waals surface area contributed by atoms with Gasteiger partial charge in [0.1, 0.15) is 11.9 Å². The molecule has 0 saturated carbocycles. The Morgan fingerprint density at radius 1 is 1.42 bits per heavy atom. The predicted molar refractivity (Wildman–Crippen MR) is 78.1 cm³/mol. The number of nitrogens with one attached hydrogen (secondary N) is 2. The van der Waals surface area contributed by atoms with Crippen LogP contribution in [0.3, 0.4) is 0 Å². The largest absolute Gasteiger partial charge is 0.486 e. The van der Waals surface area contributed by atoms with Crippen molar-refractivity contribution >= 4 is 5.69 Å². The molecule has 0 aliphatic carbocycles. The van der Waals surface area contributed by atoms with Crippen molar-refractivity contribution in [2.45, 2.75) is 25.9 Å². The average molecular weight is 264 g/mol. The van der Waals surface area contributed by atoms with Crippen LogP contribution in [0.1, 0.15) is 18.9 Å². The molecule has 0 saturated heterocycles. The molecule has 1 aliphatic rings. The lowest BCUT2D eigenvalue weighted by Gasteiger charge is -2.27. The second-order valence-corrected chi connectivity index (χ2v) is 4.85. The Kier molecular flexibility index (Phi) is 5.48. The SMILES string of the molecule is CCC1CNc2cc(CCNCCOC)ccc2O1. The topological polar surface area (TPSA) is 42.5 Å². The molecule has 1 heterocycles. The summed E-state index contributed by atoms with van der Waals surface area (Å²) in [6.45, 7) is 5.69. The highest BCUT2D eigenvalue weighted by Crippen LogP contribution is 2.30. The molecule has 0 spiro atoms. The third kappa shape index (κ3) is 4.11. The van der Waals surface area contributed by atoms with E-state index in [4.69, 9.17) is 9.47 Å². The van der Waals surface area contributed by atoms with Crippen LogP contribution in [0.25, 0.3) is 0 Å². The van der Waals surface area contributed by atoms with E-state index in [0.29, 0.717) is 6.10 Å². The quantitative estimate of drug-likeness (QED) is 0.740. The van der Waals surface area contributed by atoms with Gasteiger partial charge in [0.15, 0.2) is 0 Å². The fourth-order valence-electron chi connectivity index (χ4n) is 2.18. The van der Waals surface area contributed by atoms with E-state index >= 15 is 0 Å². The van der Waals surface area contributed by atoms with E-state index in [9.17, 15) is 0 Å². The summed E-state index contributed by atoms with van der Waals surface area (Å²) in [7, 11) is 1.72. The molecule has 4 heteroatoms. The van der Waals surface area contributed by atoms with E-state index in [2.05, 4.69) is 35.8 Å². The molecule has 1 aromatic rings.